The highest BCUT2D eigenvalue weighted by molar-refractivity contribution is 7.90. The van der Waals surface area contributed by atoms with E-state index in [1.807, 2.05) is 18.2 Å². The first kappa shape index (κ1) is 21.0. The quantitative estimate of drug-likeness (QED) is 0.404. The summed E-state index contributed by atoms with van der Waals surface area (Å²) < 4.78 is 39.3. The molecule has 0 aliphatic carbocycles. The van der Waals surface area contributed by atoms with Crippen molar-refractivity contribution in [2.24, 2.45) is 0 Å². The van der Waals surface area contributed by atoms with Gasteiger partial charge in [-0.2, -0.15) is 0 Å². The predicted octanol–water partition coefficient (Wildman–Crippen LogP) is 5.11. The third-order valence-electron chi connectivity index (χ3n) is 4.75. The number of para-hydroxylation sites is 2. The number of aromatic nitrogens is 2. The first-order valence-electron chi connectivity index (χ1n) is 9.33. The third-order valence-corrected chi connectivity index (χ3v) is 6.83. The van der Waals surface area contributed by atoms with Crippen molar-refractivity contribution in [3.05, 3.63) is 83.1 Å². The van der Waals surface area contributed by atoms with Gasteiger partial charge in [0.1, 0.15) is 22.2 Å². The molecule has 4 aromatic rings. The summed E-state index contributed by atoms with van der Waals surface area (Å²) in [6, 6.07) is 19.0. The van der Waals surface area contributed by atoms with Gasteiger partial charge in [-0.3, -0.25) is 0 Å². The maximum absolute atomic E-state index is 13.8. The summed E-state index contributed by atoms with van der Waals surface area (Å²) in [6.45, 7) is 0. The number of hydrogen-bond acceptors (Lipinski definition) is 5. The summed E-state index contributed by atoms with van der Waals surface area (Å²) in [4.78, 5) is 4.51. The molecule has 0 aliphatic rings. The molecule has 158 valence electrons. The molecule has 1 aromatic heterocycles. The van der Waals surface area contributed by atoms with Gasteiger partial charge in [-0.05, 0) is 48.0 Å². The van der Waals surface area contributed by atoms with Gasteiger partial charge in [-0.1, -0.05) is 41.9 Å². The van der Waals surface area contributed by atoms with Crippen molar-refractivity contribution in [2.45, 2.75) is 4.90 Å². The van der Waals surface area contributed by atoms with Gasteiger partial charge in [0.15, 0.2) is 0 Å². The predicted molar refractivity (Wildman–Crippen MR) is 122 cm³/mol. The van der Waals surface area contributed by atoms with Gasteiger partial charge >= 0.3 is 0 Å². The minimum Gasteiger partial charge on any atom is -0.497 e. The lowest BCUT2D eigenvalue weighted by molar-refractivity contribution is 0.392. The average molecular weight is 455 g/mol. The van der Waals surface area contributed by atoms with Crippen molar-refractivity contribution < 1.29 is 17.9 Å². The van der Waals surface area contributed by atoms with Crippen LogP contribution in [0.2, 0.25) is 5.02 Å². The van der Waals surface area contributed by atoms with Crippen molar-refractivity contribution in [3.8, 4) is 11.5 Å². The van der Waals surface area contributed by atoms with Gasteiger partial charge in [0, 0.05) is 11.1 Å². The van der Waals surface area contributed by atoms with Crippen molar-refractivity contribution >= 4 is 44.8 Å². The number of benzene rings is 3. The van der Waals surface area contributed by atoms with Crippen LogP contribution in [-0.4, -0.2) is 31.6 Å². The van der Waals surface area contributed by atoms with E-state index in [4.69, 9.17) is 21.1 Å². The molecular weight excluding hydrogens is 436 g/mol. The number of halogens is 1. The molecule has 4 rings (SSSR count). The summed E-state index contributed by atoms with van der Waals surface area (Å²) in [5.41, 5.74) is 1.75. The van der Waals surface area contributed by atoms with E-state index >= 15 is 0 Å². The molecule has 0 saturated carbocycles. The van der Waals surface area contributed by atoms with E-state index in [-0.39, 0.29) is 16.5 Å². The topological polar surface area (TPSA) is 70.4 Å². The molecule has 1 heterocycles. The second-order valence-corrected chi connectivity index (χ2v) is 8.76. The molecule has 0 N–H and O–H groups in total. The summed E-state index contributed by atoms with van der Waals surface area (Å²) in [5, 5.41) is 0.554. The summed E-state index contributed by atoms with van der Waals surface area (Å²) in [7, 11) is -1.18. The monoisotopic (exact) mass is 454 g/mol. The van der Waals surface area contributed by atoms with Crippen LogP contribution in [-0.2, 0) is 10.0 Å². The molecule has 3 aromatic carbocycles. The molecular formula is C23H19ClN2O4S. The highest BCUT2D eigenvalue weighted by Crippen LogP contribution is 2.33. The Morgan fingerprint density at radius 2 is 1.68 bits per heavy atom. The lowest BCUT2D eigenvalue weighted by Crippen LogP contribution is -2.15. The van der Waals surface area contributed by atoms with E-state index in [1.54, 1.807) is 54.6 Å². The molecule has 0 spiro atoms. The molecule has 0 atom stereocenters. The van der Waals surface area contributed by atoms with Crippen LogP contribution in [0.3, 0.4) is 0 Å². The van der Waals surface area contributed by atoms with Crippen LogP contribution in [0.5, 0.6) is 11.5 Å². The molecule has 31 heavy (non-hydrogen) atoms. The Balaban J connectivity index is 1.95. The molecule has 0 aliphatic heterocycles. The van der Waals surface area contributed by atoms with E-state index in [9.17, 15) is 8.42 Å². The van der Waals surface area contributed by atoms with Gasteiger partial charge in [-0.15, -0.1) is 0 Å². The fourth-order valence-electron chi connectivity index (χ4n) is 3.24. The molecule has 0 bridgehead atoms. The SMILES string of the molecule is COc1ccc(OC)c(S(=O)(=O)n2c(C=Cc3ccccc3Cl)nc3ccccc32)c1. The zero-order valence-electron chi connectivity index (χ0n) is 16.8. The van der Waals surface area contributed by atoms with Crippen LogP contribution in [0.15, 0.2) is 71.6 Å². The summed E-state index contributed by atoms with van der Waals surface area (Å²) in [6.07, 6.45) is 3.36. The number of fused-ring (bicyclic) bond motifs is 1. The van der Waals surface area contributed by atoms with E-state index in [1.165, 1.54) is 24.3 Å². The number of ether oxygens (including phenoxy) is 2. The lowest BCUT2D eigenvalue weighted by atomic mass is 10.2. The van der Waals surface area contributed by atoms with Gasteiger partial charge in [0.2, 0.25) is 0 Å². The summed E-state index contributed by atoms with van der Waals surface area (Å²) >= 11 is 6.24. The van der Waals surface area contributed by atoms with E-state index in [2.05, 4.69) is 4.98 Å². The van der Waals surface area contributed by atoms with Crippen LogP contribution < -0.4 is 9.47 Å². The van der Waals surface area contributed by atoms with Gasteiger partial charge in [0.05, 0.1) is 25.3 Å². The molecule has 0 radical (unpaired) electrons. The molecule has 0 saturated heterocycles. The second-order valence-electron chi connectivity index (χ2n) is 6.60. The van der Waals surface area contributed by atoms with Gasteiger partial charge < -0.3 is 9.47 Å². The van der Waals surface area contributed by atoms with E-state index in [0.717, 1.165) is 5.56 Å². The lowest BCUT2D eigenvalue weighted by Gasteiger charge is -2.13. The normalized spacial score (nSPS) is 11.8. The maximum atomic E-state index is 13.8. The highest BCUT2D eigenvalue weighted by atomic mass is 35.5. The Kier molecular flexibility index (Phi) is 5.71. The maximum Gasteiger partial charge on any atom is 0.273 e. The van der Waals surface area contributed by atoms with Crippen LogP contribution >= 0.6 is 11.6 Å². The number of methoxy groups -OCH3 is 2. The van der Waals surface area contributed by atoms with Crippen molar-refractivity contribution in [1.82, 2.24) is 8.96 Å². The number of imidazole rings is 1. The molecule has 6 nitrogen and oxygen atoms in total. The van der Waals surface area contributed by atoms with Crippen LogP contribution in [0.25, 0.3) is 23.2 Å². The van der Waals surface area contributed by atoms with E-state index < -0.39 is 10.0 Å². The van der Waals surface area contributed by atoms with Gasteiger partial charge in [-0.25, -0.2) is 17.4 Å². The molecule has 0 amide bonds. The Hall–Kier alpha value is -3.29. The fraction of sp³-hybridized carbons (Fsp3) is 0.0870. The highest BCUT2D eigenvalue weighted by Gasteiger charge is 2.27. The molecule has 0 fully saturated rings. The molecule has 8 heteroatoms. The standard InChI is InChI=1S/C23H19ClN2O4S/c1-29-17-12-13-21(30-2)22(15-17)31(27,28)26-20-10-6-5-9-19(20)25-23(26)14-11-16-7-3-4-8-18(16)24/h3-15H,1-2H3. The van der Waals surface area contributed by atoms with Gasteiger partial charge in [0.25, 0.3) is 10.0 Å². The third kappa shape index (κ3) is 3.89. The van der Waals surface area contributed by atoms with Crippen molar-refractivity contribution in [3.63, 3.8) is 0 Å². The van der Waals surface area contributed by atoms with Crippen molar-refractivity contribution in [2.75, 3.05) is 14.2 Å². The zero-order valence-corrected chi connectivity index (χ0v) is 18.4. The first-order chi connectivity index (χ1) is 15.0. The Labute approximate surface area is 185 Å². The first-order valence-corrected chi connectivity index (χ1v) is 11.1. The average Bonchev–Trinajstić information content (AvgIpc) is 3.17. The number of hydrogen-bond donors (Lipinski definition) is 0. The Bertz CT molecular complexity index is 1390. The Morgan fingerprint density at radius 1 is 0.935 bits per heavy atom. The molecule has 0 unspecified atom stereocenters. The second kappa shape index (κ2) is 8.45. The fourth-order valence-corrected chi connectivity index (χ4v) is 5.07. The minimum atomic E-state index is -4.08. The number of rotatable bonds is 6. The largest absolute Gasteiger partial charge is 0.497 e. The zero-order chi connectivity index (χ0) is 22.0. The van der Waals surface area contributed by atoms with E-state index in [0.29, 0.717) is 21.8 Å². The van der Waals surface area contributed by atoms with Crippen molar-refractivity contribution in [1.29, 1.82) is 0 Å². The van der Waals surface area contributed by atoms with Crippen LogP contribution in [0, 0.1) is 0 Å². The minimum absolute atomic E-state index is 0.0232. The van der Waals surface area contributed by atoms with Crippen LogP contribution in [0.1, 0.15) is 11.4 Å². The smallest absolute Gasteiger partial charge is 0.273 e. The van der Waals surface area contributed by atoms with Crippen LogP contribution in [0.4, 0.5) is 0 Å². The Morgan fingerprint density at radius 3 is 2.42 bits per heavy atom. The number of nitrogens with zero attached hydrogens (tertiary/aromatic N) is 2. The summed E-state index contributed by atoms with van der Waals surface area (Å²) in [5.74, 6) is 0.850.